The number of hydrogen-bond donors (Lipinski definition) is 0. The minimum atomic E-state index is -1.85. The lowest BCUT2D eigenvalue weighted by molar-refractivity contribution is -0.136. The predicted molar refractivity (Wildman–Crippen MR) is 119 cm³/mol. The van der Waals surface area contributed by atoms with Gasteiger partial charge in [0.25, 0.3) is 0 Å². The standard InChI is InChI=1S/C22H31Cl2NO2Si/c1-21(2,3)28(4,5)27-13-12-25-19(17-9-8-16(23)14-18(17)24)15-22(20(25)26)10-6-7-11-22/h6-9,14,19H,10-13,15H2,1-5H3/t19-/m1/s1. The highest BCUT2D eigenvalue weighted by Crippen LogP contribution is 2.52. The van der Waals surface area contributed by atoms with Gasteiger partial charge in [-0.3, -0.25) is 4.79 Å². The van der Waals surface area contributed by atoms with Crippen LogP contribution >= 0.6 is 23.2 Å². The second-order valence-electron chi connectivity index (χ2n) is 9.65. The zero-order valence-electron chi connectivity index (χ0n) is 17.5. The number of rotatable bonds is 5. The highest BCUT2D eigenvalue weighted by atomic mass is 35.5. The summed E-state index contributed by atoms with van der Waals surface area (Å²) in [4.78, 5) is 15.4. The number of amides is 1. The third kappa shape index (κ3) is 4.07. The molecule has 28 heavy (non-hydrogen) atoms. The number of benzene rings is 1. The van der Waals surface area contributed by atoms with E-state index in [9.17, 15) is 4.79 Å². The Morgan fingerprint density at radius 1 is 1.21 bits per heavy atom. The van der Waals surface area contributed by atoms with Crippen LogP contribution in [0.1, 0.15) is 51.6 Å². The molecule has 1 aliphatic carbocycles. The number of likely N-dealkylation sites (tertiary alicyclic amines) is 1. The van der Waals surface area contributed by atoms with E-state index < -0.39 is 8.32 Å². The van der Waals surface area contributed by atoms with Crippen LogP contribution in [0.15, 0.2) is 30.4 Å². The first-order valence-corrected chi connectivity index (χ1v) is 13.7. The van der Waals surface area contributed by atoms with Gasteiger partial charge in [-0.25, -0.2) is 0 Å². The van der Waals surface area contributed by atoms with Crippen molar-refractivity contribution in [3.8, 4) is 0 Å². The predicted octanol–water partition coefficient (Wildman–Crippen LogP) is 6.63. The summed E-state index contributed by atoms with van der Waals surface area (Å²) < 4.78 is 6.36. The van der Waals surface area contributed by atoms with E-state index in [-0.39, 0.29) is 22.4 Å². The van der Waals surface area contributed by atoms with Crippen molar-refractivity contribution < 1.29 is 9.22 Å². The zero-order chi connectivity index (χ0) is 20.7. The van der Waals surface area contributed by atoms with Crippen LogP contribution in [0.4, 0.5) is 0 Å². The molecule has 1 amide bonds. The van der Waals surface area contributed by atoms with Crippen LogP contribution in [0.2, 0.25) is 28.2 Å². The molecule has 2 aliphatic rings. The van der Waals surface area contributed by atoms with Crippen LogP contribution in [0, 0.1) is 5.41 Å². The Morgan fingerprint density at radius 3 is 2.43 bits per heavy atom. The SMILES string of the molecule is CC(C)(C)[Si](C)(C)OCCN1C(=O)C2(CC=CC2)C[C@@H]1c1ccc(Cl)cc1Cl. The molecule has 0 unspecified atom stereocenters. The van der Waals surface area contributed by atoms with Gasteiger partial charge in [0, 0.05) is 16.6 Å². The van der Waals surface area contributed by atoms with Gasteiger partial charge in [-0.15, -0.1) is 0 Å². The third-order valence-electron chi connectivity index (χ3n) is 6.78. The van der Waals surface area contributed by atoms with Crippen molar-refractivity contribution in [2.24, 2.45) is 5.41 Å². The Kier molecular flexibility index (Phi) is 6.09. The molecule has 1 aromatic rings. The van der Waals surface area contributed by atoms with Gasteiger partial charge in [0.15, 0.2) is 8.32 Å². The zero-order valence-corrected chi connectivity index (χ0v) is 20.0. The summed E-state index contributed by atoms with van der Waals surface area (Å²) in [5, 5.41) is 1.39. The molecule has 0 bridgehead atoms. The fourth-order valence-electron chi connectivity index (χ4n) is 3.98. The van der Waals surface area contributed by atoms with Crippen molar-refractivity contribution in [2.45, 2.75) is 64.2 Å². The second-order valence-corrected chi connectivity index (χ2v) is 15.3. The molecule has 1 spiro atoms. The van der Waals surface area contributed by atoms with Crippen molar-refractivity contribution in [3.63, 3.8) is 0 Å². The first-order valence-electron chi connectivity index (χ1n) is 10.0. The van der Waals surface area contributed by atoms with Gasteiger partial charge < -0.3 is 9.33 Å². The fraction of sp³-hybridized carbons (Fsp3) is 0.591. The first-order chi connectivity index (χ1) is 13.0. The van der Waals surface area contributed by atoms with Crippen molar-refractivity contribution in [3.05, 3.63) is 46.0 Å². The van der Waals surface area contributed by atoms with Gasteiger partial charge in [0.05, 0.1) is 18.1 Å². The van der Waals surface area contributed by atoms with Gasteiger partial charge in [-0.2, -0.15) is 0 Å². The molecule has 1 saturated heterocycles. The molecule has 1 aromatic carbocycles. The maximum absolute atomic E-state index is 13.4. The molecule has 3 nitrogen and oxygen atoms in total. The maximum atomic E-state index is 13.4. The van der Waals surface area contributed by atoms with Crippen LogP contribution in [0.5, 0.6) is 0 Å². The molecule has 1 heterocycles. The summed E-state index contributed by atoms with van der Waals surface area (Å²) in [5.41, 5.74) is 0.667. The molecular formula is C22H31Cl2NO2Si. The maximum Gasteiger partial charge on any atom is 0.230 e. The topological polar surface area (TPSA) is 29.5 Å². The van der Waals surface area contributed by atoms with Gasteiger partial charge in [-0.1, -0.05) is 62.2 Å². The van der Waals surface area contributed by atoms with Crippen LogP contribution in [0.25, 0.3) is 0 Å². The van der Waals surface area contributed by atoms with Crippen LogP contribution in [-0.2, 0) is 9.22 Å². The fourth-order valence-corrected chi connectivity index (χ4v) is 5.55. The normalized spacial score (nSPS) is 21.9. The molecule has 1 aliphatic heterocycles. The molecular weight excluding hydrogens is 409 g/mol. The molecule has 0 N–H and O–H groups in total. The van der Waals surface area contributed by atoms with E-state index in [0.717, 1.165) is 24.8 Å². The lowest BCUT2D eigenvalue weighted by Gasteiger charge is -2.37. The summed E-state index contributed by atoms with van der Waals surface area (Å²) in [6, 6.07) is 5.56. The molecule has 1 fully saturated rings. The Morgan fingerprint density at radius 2 is 1.86 bits per heavy atom. The van der Waals surface area contributed by atoms with Crippen LogP contribution < -0.4 is 0 Å². The number of hydrogen-bond acceptors (Lipinski definition) is 2. The molecule has 1 atom stereocenters. The van der Waals surface area contributed by atoms with Gasteiger partial charge in [0.2, 0.25) is 5.91 Å². The van der Waals surface area contributed by atoms with E-state index in [4.69, 9.17) is 27.6 Å². The quantitative estimate of drug-likeness (QED) is 0.380. The molecule has 0 saturated carbocycles. The van der Waals surface area contributed by atoms with Crippen molar-refractivity contribution >= 4 is 37.4 Å². The van der Waals surface area contributed by atoms with Gasteiger partial charge in [0.1, 0.15) is 0 Å². The Bertz CT molecular complexity index is 777. The summed E-state index contributed by atoms with van der Waals surface area (Å²) in [6.45, 7) is 12.3. The second kappa shape index (κ2) is 7.79. The Hall–Kier alpha value is -0.813. The highest BCUT2D eigenvalue weighted by molar-refractivity contribution is 6.74. The summed E-state index contributed by atoms with van der Waals surface area (Å²) >= 11 is 12.6. The molecule has 154 valence electrons. The lowest BCUT2D eigenvalue weighted by Crippen LogP contribution is -2.43. The molecule has 0 aromatic heterocycles. The Labute approximate surface area is 180 Å². The summed E-state index contributed by atoms with van der Waals surface area (Å²) in [6.07, 6.45) is 6.68. The van der Waals surface area contributed by atoms with E-state index in [0.29, 0.717) is 23.2 Å². The number of nitrogens with zero attached hydrogens (tertiary/aromatic N) is 1. The van der Waals surface area contributed by atoms with Crippen molar-refractivity contribution in [1.29, 1.82) is 0 Å². The average Bonchev–Trinajstić information content (AvgIpc) is 3.15. The largest absolute Gasteiger partial charge is 0.415 e. The number of carbonyl (C=O) groups is 1. The summed E-state index contributed by atoms with van der Waals surface area (Å²) in [7, 11) is -1.85. The van der Waals surface area contributed by atoms with Gasteiger partial charge >= 0.3 is 0 Å². The molecule has 3 rings (SSSR count). The van der Waals surface area contributed by atoms with E-state index in [1.807, 2.05) is 17.0 Å². The number of allylic oxidation sites excluding steroid dienone is 2. The minimum Gasteiger partial charge on any atom is -0.415 e. The molecule has 6 heteroatoms. The average molecular weight is 440 g/mol. The van der Waals surface area contributed by atoms with E-state index >= 15 is 0 Å². The van der Waals surface area contributed by atoms with Crippen molar-refractivity contribution in [2.75, 3.05) is 13.2 Å². The first kappa shape index (κ1) is 21.9. The lowest BCUT2D eigenvalue weighted by atomic mass is 9.81. The van der Waals surface area contributed by atoms with E-state index in [1.54, 1.807) is 6.07 Å². The summed E-state index contributed by atoms with van der Waals surface area (Å²) in [5.74, 6) is 0.229. The van der Waals surface area contributed by atoms with Crippen molar-refractivity contribution in [1.82, 2.24) is 4.90 Å². The van der Waals surface area contributed by atoms with Gasteiger partial charge in [-0.05, 0) is 55.1 Å². The van der Waals surface area contributed by atoms with Crippen LogP contribution in [-0.4, -0.2) is 32.3 Å². The number of carbonyl (C=O) groups excluding carboxylic acids is 1. The molecule has 0 radical (unpaired) electrons. The smallest absolute Gasteiger partial charge is 0.230 e. The van der Waals surface area contributed by atoms with Crippen LogP contribution in [0.3, 0.4) is 0 Å². The minimum absolute atomic E-state index is 0.0276. The third-order valence-corrected chi connectivity index (χ3v) is 11.9. The number of halogens is 2. The highest BCUT2D eigenvalue weighted by Gasteiger charge is 2.52. The van der Waals surface area contributed by atoms with E-state index in [2.05, 4.69) is 46.0 Å². The Balaban J connectivity index is 1.82. The monoisotopic (exact) mass is 439 g/mol. The van der Waals surface area contributed by atoms with E-state index in [1.165, 1.54) is 0 Å².